The van der Waals surface area contributed by atoms with E-state index in [1.807, 2.05) is 19.1 Å². The van der Waals surface area contributed by atoms with Crippen molar-refractivity contribution in [2.45, 2.75) is 27.7 Å². The van der Waals surface area contributed by atoms with Crippen molar-refractivity contribution in [2.75, 3.05) is 11.9 Å². The Morgan fingerprint density at radius 3 is 2.21 bits per heavy atom. The summed E-state index contributed by atoms with van der Waals surface area (Å²) in [5, 5.41) is 0. The average Bonchev–Trinajstić information content (AvgIpc) is 2.36. The van der Waals surface area contributed by atoms with E-state index < -0.39 is 0 Å². The predicted molar refractivity (Wildman–Crippen MR) is 85.4 cm³/mol. The first kappa shape index (κ1) is 14.1. The lowest BCUT2D eigenvalue weighted by Crippen LogP contribution is -2.13. The molecule has 0 saturated heterocycles. The van der Waals surface area contributed by atoms with Crippen molar-refractivity contribution in [3.05, 3.63) is 51.1 Å². The van der Waals surface area contributed by atoms with E-state index in [9.17, 15) is 0 Å². The van der Waals surface area contributed by atoms with Gasteiger partial charge in [0, 0.05) is 17.2 Å². The maximum Gasteiger partial charge on any atom is 0.133 e. The number of aryl methyl sites for hydroxylation is 4. The molecule has 0 bridgehead atoms. The molecule has 0 unspecified atom stereocenters. The van der Waals surface area contributed by atoms with Crippen molar-refractivity contribution < 1.29 is 0 Å². The summed E-state index contributed by atoms with van der Waals surface area (Å²) < 4.78 is 1.04. The number of halogens is 1. The second-order valence-electron chi connectivity index (χ2n) is 5.02. The molecular weight excluding hydrogens is 300 g/mol. The second kappa shape index (κ2) is 5.33. The molecule has 0 saturated carbocycles. The minimum absolute atomic E-state index is 0.965. The minimum Gasteiger partial charge on any atom is -0.329 e. The standard InChI is InChI=1S/C16H19BrN2/c1-10-8-12(3)15(9-11(10)2)19(5)16-7-6-14(17)13(4)18-16/h6-9H,1-5H3. The Bertz CT molecular complexity index is 620. The highest BCUT2D eigenvalue weighted by Gasteiger charge is 2.10. The lowest BCUT2D eigenvalue weighted by Gasteiger charge is -2.22. The van der Waals surface area contributed by atoms with Crippen molar-refractivity contribution in [3.8, 4) is 0 Å². The van der Waals surface area contributed by atoms with Crippen LogP contribution in [-0.2, 0) is 0 Å². The number of hydrogen-bond acceptors (Lipinski definition) is 2. The fraction of sp³-hybridized carbons (Fsp3) is 0.312. The molecule has 100 valence electrons. The molecule has 0 atom stereocenters. The molecule has 3 heteroatoms. The van der Waals surface area contributed by atoms with E-state index in [0.717, 1.165) is 16.0 Å². The number of rotatable bonds is 2. The summed E-state index contributed by atoms with van der Waals surface area (Å²) in [5.41, 5.74) is 6.12. The van der Waals surface area contributed by atoms with Gasteiger partial charge in [-0.3, -0.25) is 0 Å². The van der Waals surface area contributed by atoms with E-state index in [-0.39, 0.29) is 0 Å². The summed E-state index contributed by atoms with van der Waals surface area (Å²) in [6.45, 7) is 8.44. The smallest absolute Gasteiger partial charge is 0.133 e. The van der Waals surface area contributed by atoms with Crippen LogP contribution >= 0.6 is 15.9 Å². The number of pyridine rings is 1. The van der Waals surface area contributed by atoms with Gasteiger partial charge in [-0.1, -0.05) is 6.07 Å². The van der Waals surface area contributed by atoms with Gasteiger partial charge in [0.1, 0.15) is 5.82 Å². The SMILES string of the molecule is Cc1cc(C)c(N(C)c2ccc(Br)c(C)n2)cc1C. The van der Waals surface area contributed by atoms with Gasteiger partial charge in [0.05, 0.1) is 5.69 Å². The molecule has 0 N–H and O–H groups in total. The fourth-order valence-electron chi connectivity index (χ4n) is 2.15. The molecule has 0 amide bonds. The van der Waals surface area contributed by atoms with Crippen LogP contribution in [0.4, 0.5) is 11.5 Å². The molecule has 1 aromatic heterocycles. The number of nitrogens with zero attached hydrogens (tertiary/aromatic N) is 2. The monoisotopic (exact) mass is 318 g/mol. The van der Waals surface area contributed by atoms with Crippen molar-refractivity contribution >= 4 is 27.4 Å². The lowest BCUT2D eigenvalue weighted by atomic mass is 10.0. The van der Waals surface area contributed by atoms with E-state index in [2.05, 4.69) is 65.8 Å². The van der Waals surface area contributed by atoms with Crippen LogP contribution in [0.5, 0.6) is 0 Å². The maximum absolute atomic E-state index is 4.62. The Labute approximate surface area is 123 Å². The van der Waals surface area contributed by atoms with Gasteiger partial charge in [-0.2, -0.15) is 0 Å². The summed E-state index contributed by atoms with van der Waals surface area (Å²) >= 11 is 3.49. The van der Waals surface area contributed by atoms with Crippen LogP contribution < -0.4 is 4.90 Å². The fourth-order valence-corrected chi connectivity index (χ4v) is 2.37. The van der Waals surface area contributed by atoms with E-state index in [1.165, 1.54) is 22.4 Å². The predicted octanol–water partition coefficient (Wildman–Crippen LogP) is 4.85. The normalized spacial score (nSPS) is 10.6. The molecule has 2 nitrogen and oxygen atoms in total. The number of anilines is 2. The highest BCUT2D eigenvalue weighted by molar-refractivity contribution is 9.10. The molecule has 2 rings (SSSR count). The molecule has 1 aromatic carbocycles. The van der Waals surface area contributed by atoms with Gasteiger partial charge < -0.3 is 4.90 Å². The van der Waals surface area contributed by atoms with Gasteiger partial charge in [0.15, 0.2) is 0 Å². The van der Waals surface area contributed by atoms with Crippen LogP contribution in [0.15, 0.2) is 28.7 Å². The zero-order chi connectivity index (χ0) is 14.2. The van der Waals surface area contributed by atoms with Crippen LogP contribution in [0, 0.1) is 27.7 Å². The third-order valence-corrected chi connectivity index (χ3v) is 4.36. The van der Waals surface area contributed by atoms with Gasteiger partial charge >= 0.3 is 0 Å². The molecule has 1 heterocycles. The average molecular weight is 319 g/mol. The Kier molecular flexibility index (Phi) is 3.95. The first-order valence-electron chi connectivity index (χ1n) is 6.35. The van der Waals surface area contributed by atoms with Crippen molar-refractivity contribution in [1.29, 1.82) is 0 Å². The first-order valence-corrected chi connectivity index (χ1v) is 7.14. The quantitative estimate of drug-likeness (QED) is 0.787. The molecule has 19 heavy (non-hydrogen) atoms. The van der Waals surface area contributed by atoms with Gasteiger partial charge in [-0.05, 0) is 78.5 Å². The van der Waals surface area contributed by atoms with Crippen LogP contribution in [0.3, 0.4) is 0 Å². The van der Waals surface area contributed by atoms with Crippen molar-refractivity contribution in [2.24, 2.45) is 0 Å². The van der Waals surface area contributed by atoms with Crippen LogP contribution in [0.2, 0.25) is 0 Å². The van der Waals surface area contributed by atoms with Gasteiger partial charge in [-0.25, -0.2) is 4.98 Å². The van der Waals surface area contributed by atoms with Gasteiger partial charge in [-0.15, -0.1) is 0 Å². The third-order valence-electron chi connectivity index (χ3n) is 3.52. The van der Waals surface area contributed by atoms with E-state index >= 15 is 0 Å². The molecule has 0 aliphatic rings. The Morgan fingerprint density at radius 1 is 0.947 bits per heavy atom. The zero-order valence-corrected chi connectivity index (χ0v) is 13.7. The molecule has 0 fully saturated rings. The topological polar surface area (TPSA) is 16.1 Å². The molecule has 2 aromatic rings. The second-order valence-corrected chi connectivity index (χ2v) is 5.87. The molecule has 0 radical (unpaired) electrons. The zero-order valence-electron chi connectivity index (χ0n) is 12.1. The lowest BCUT2D eigenvalue weighted by molar-refractivity contribution is 1.07. The van der Waals surface area contributed by atoms with Crippen LogP contribution in [-0.4, -0.2) is 12.0 Å². The summed E-state index contributed by atoms with van der Waals surface area (Å²) in [6, 6.07) is 8.53. The van der Waals surface area contributed by atoms with E-state index in [0.29, 0.717) is 0 Å². The van der Waals surface area contributed by atoms with E-state index in [1.54, 1.807) is 0 Å². The van der Waals surface area contributed by atoms with Gasteiger partial charge in [0.2, 0.25) is 0 Å². The molecule has 0 aliphatic carbocycles. The summed E-state index contributed by atoms with van der Waals surface area (Å²) in [5.74, 6) is 0.965. The van der Waals surface area contributed by atoms with Crippen LogP contribution in [0.25, 0.3) is 0 Å². The maximum atomic E-state index is 4.62. The molecule has 0 spiro atoms. The Morgan fingerprint density at radius 2 is 1.58 bits per heavy atom. The van der Waals surface area contributed by atoms with Crippen molar-refractivity contribution in [3.63, 3.8) is 0 Å². The Balaban J connectivity index is 2.46. The van der Waals surface area contributed by atoms with E-state index in [4.69, 9.17) is 0 Å². The van der Waals surface area contributed by atoms with Crippen LogP contribution in [0.1, 0.15) is 22.4 Å². The first-order chi connectivity index (χ1) is 8.90. The number of hydrogen-bond donors (Lipinski definition) is 0. The minimum atomic E-state index is 0.965. The largest absolute Gasteiger partial charge is 0.329 e. The summed E-state index contributed by atoms with van der Waals surface area (Å²) in [4.78, 5) is 6.76. The number of aromatic nitrogens is 1. The molecular formula is C16H19BrN2. The summed E-state index contributed by atoms with van der Waals surface area (Å²) in [7, 11) is 2.06. The Hall–Kier alpha value is -1.35. The third kappa shape index (κ3) is 2.81. The highest BCUT2D eigenvalue weighted by atomic mass is 79.9. The summed E-state index contributed by atoms with van der Waals surface area (Å²) in [6.07, 6.45) is 0. The van der Waals surface area contributed by atoms with Crippen molar-refractivity contribution in [1.82, 2.24) is 4.98 Å². The molecule has 0 aliphatic heterocycles. The van der Waals surface area contributed by atoms with Gasteiger partial charge in [0.25, 0.3) is 0 Å². The highest BCUT2D eigenvalue weighted by Crippen LogP contribution is 2.29. The number of benzene rings is 1.